The van der Waals surface area contributed by atoms with Gasteiger partial charge in [-0.05, 0) is 36.4 Å². The summed E-state index contributed by atoms with van der Waals surface area (Å²) in [6.45, 7) is 0.213. The average molecular weight is 454 g/mol. The third-order valence-electron chi connectivity index (χ3n) is 3.68. The zero-order valence-corrected chi connectivity index (χ0v) is 16.6. The van der Waals surface area contributed by atoms with Gasteiger partial charge in [0.15, 0.2) is 0 Å². The van der Waals surface area contributed by atoms with Gasteiger partial charge in [-0.2, -0.15) is 0 Å². The van der Waals surface area contributed by atoms with Crippen molar-refractivity contribution in [2.45, 2.75) is 11.3 Å². The van der Waals surface area contributed by atoms with E-state index in [4.69, 9.17) is 0 Å². The highest BCUT2D eigenvalue weighted by Crippen LogP contribution is 2.23. The minimum atomic E-state index is -4.85. The van der Waals surface area contributed by atoms with Crippen molar-refractivity contribution in [1.29, 1.82) is 0 Å². The van der Waals surface area contributed by atoms with Crippen molar-refractivity contribution < 1.29 is 26.3 Å². The summed E-state index contributed by atoms with van der Waals surface area (Å²) in [7, 11) is -3.90. The van der Waals surface area contributed by atoms with Gasteiger partial charge in [-0.25, -0.2) is 28.1 Å². The Morgan fingerprint density at radius 1 is 0.903 bits per heavy atom. The number of halogens is 3. The molecule has 0 aliphatic heterocycles. The number of ether oxygens (including phenoxy) is 1. The maximum atomic E-state index is 12.3. The van der Waals surface area contributed by atoms with Crippen LogP contribution in [-0.2, 0) is 10.0 Å². The fourth-order valence-electron chi connectivity index (χ4n) is 2.37. The monoisotopic (exact) mass is 454 g/mol. The summed E-state index contributed by atoms with van der Waals surface area (Å²) >= 11 is 0. The first kappa shape index (κ1) is 22.2. The molecular formula is C18H17F3N6O3S. The SMILES string of the molecule is O=S(=O)(NCCNc1cc(Nc2ccccn2)ncn1)c1ccc(OC(F)(F)F)cc1. The molecule has 1 aromatic carbocycles. The van der Waals surface area contributed by atoms with Gasteiger partial charge < -0.3 is 15.4 Å². The minimum Gasteiger partial charge on any atom is -0.406 e. The Labute approximate surface area is 175 Å². The molecule has 0 fully saturated rings. The van der Waals surface area contributed by atoms with Gasteiger partial charge in [0.2, 0.25) is 10.0 Å². The van der Waals surface area contributed by atoms with E-state index in [1.54, 1.807) is 24.4 Å². The van der Waals surface area contributed by atoms with E-state index in [0.29, 0.717) is 17.5 Å². The molecule has 0 saturated carbocycles. The van der Waals surface area contributed by atoms with Gasteiger partial charge in [-0.3, -0.25) is 0 Å². The van der Waals surface area contributed by atoms with Crippen LogP contribution in [0.4, 0.5) is 30.6 Å². The van der Waals surface area contributed by atoms with Crippen molar-refractivity contribution in [2.24, 2.45) is 0 Å². The number of nitrogens with one attached hydrogen (secondary N) is 3. The van der Waals surface area contributed by atoms with Crippen LogP contribution in [0, 0.1) is 0 Å². The van der Waals surface area contributed by atoms with Crippen molar-refractivity contribution in [1.82, 2.24) is 19.7 Å². The lowest BCUT2D eigenvalue weighted by Gasteiger charge is -2.11. The molecule has 2 aromatic heterocycles. The average Bonchev–Trinajstić information content (AvgIpc) is 2.72. The number of alkyl halides is 3. The second kappa shape index (κ2) is 9.57. The van der Waals surface area contributed by atoms with Crippen LogP contribution in [0.1, 0.15) is 0 Å². The van der Waals surface area contributed by atoms with Gasteiger partial charge in [0, 0.05) is 25.4 Å². The lowest BCUT2D eigenvalue weighted by atomic mass is 10.3. The third kappa shape index (κ3) is 7.08. The first-order chi connectivity index (χ1) is 14.7. The normalized spacial score (nSPS) is 11.7. The summed E-state index contributed by atoms with van der Waals surface area (Å²) in [5.41, 5.74) is 0. The Balaban J connectivity index is 1.50. The van der Waals surface area contributed by atoms with Crippen molar-refractivity contribution in [3.05, 3.63) is 61.1 Å². The van der Waals surface area contributed by atoms with Crippen LogP contribution < -0.4 is 20.1 Å². The summed E-state index contributed by atoms with van der Waals surface area (Å²) in [6.07, 6.45) is -1.88. The van der Waals surface area contributed by atoms with E-state index in [-0.39, 0.29) is 18.0 Å². The number of nitrogens with zero attached hydrogens (tertiary/aromatic N) is 3. The highest BCUT2D eigenvalue weighted by molar-refractivity contribution is 7.89. The molecule has 9 nitrogen and oxygen atoms in total. The molecule has 31 heavy (non-hydrogen) atoms. The van der Waals surface area contributed by atoms with Gasteiger partial charge in [-0.15, -0.1) is 13.2 Å². The number of rotatable bonds is 9. The highest BCUT2D eigenvalue weighted by atomic mass is 32.2. The lowest BCUT2D eigenvalue weighted by molar-refractivity contribution is -0.274. The number of aromatic nitrogens is 3. The van der Waals surface area contributed by atoms with Gasteiger partial charge in [0.1, 0.15) is 29.5 Å². The number of anilines is 3. The van der Waals surface area contributed by atoms with Crippen molar-refractivity contribution >= 4 is 27.5 Å². The number of hydrogen-bond donors (Lipinski definition) is 3. The minimum absolute atomic E-state index is 0.0101. The van der Waals surface area contributed by atoms with Gasteiger partial charge >= 0.3 is 6.36 Å². The fourth-order valence-corrected chi connectivity index (χ4v) is 3.40. The largest absolute Gasteiger partial charge is 0.573 e. The molecule has 2 heterocycles. The van der Waals surface area contributed by atoms with E-state index in [9.17, 15) is 21.6 Å². The Bertz CT molecular complexity index is 1100. The molecule has 164 valence electrons. The summed E-state index contributed by atoms with van der Waals surface area (Å²) in [6, 6.07) is 10.9. The van der Waals surface area contributed by atoms with Gasteiger partial charge in [0.25, 0.3) is 0 Å². The van der Waals surface area contributed by atoms with Crippen molar-refractivity contribution in [3.63, 3.8) is 0 Å². The predicted octanol–water partition coefficient (Wildman–Crippen LogP) is 2.90. The zero-order chi connectivity index (χ0) is 22.3. The van der Waals surface area contributed by atoms with Crippen LogP contribution in [0.2, 0.25) is 0 Å². The predicted molar refractivity (Wildman–Crippen MR) is 106 cm³/mol. The number of benzene rings is 1. The molecule has 13 heteroatoms. The molecule has 0 aliphatic carbocycles. The number of hydrogen-bond acceptors (Lipinski definition) is 8. The van der Waals surface area contributed by atoms with Crippen LogP contribution in [0.15, 0.2) is 66.0 Å². The van der Waals surface area contributed by atoms with Crippen molar-refractivity contribution in [3.8, 4) is 5.75 Å². The maximum Gasteiger partial charge on any atom is 0.573 e. The van der Waals surface area contributed by atoms with E-state index >= 15 is 0 Å². The Hall–Kier alpha value is -3.45. The summed E-state index contributed by atoms with van der Waals surface area (Å²) in [4.78, 5) is 12.1. The fraction of sp³-hybridized carbons (Fsp3) is 0.167. The summed E-state index contributed by atoms with van der Waals surface area (Å²) in [5, 5.41) is 5.95. The summed E-state index contributed by atoms with van der Waals surface area (Å²) in [5.74, 6) is 1.05. The second-order valence-electron chi connectivity index (χ2n) is 5.97. The quantitative estimate of drug-likeness (QED) is 0.423. The van der Waals surface area contributed by atoms with Crippen LogP contribution in [0.5, 0.6) is 5.75 Å². The Morgan fingerprint density at radius 2 is 1.65 bits per heavy atom. The topological polar surface area (TPSA) is 118 Å². The van der Waals surface area contributed by atoms with Gasteiger partial charge in [0.05, 0.1) is 4.90 Å². The van der Waals surface area contributed by atoms with Crippen molar-refractivity contribution in [2.75, 3.05) is 23.7 Å². The first-order valence-electron chi connectivity index (χ1n) is 8.81. The maximum absolute atomic E-state index is 12.3. The van der Waals surface area contributed by atoms with Gasteiger partial charge in [-0.1, -0.05) is 6.07 Å². The molecule has 0 unspecified atom stereocenters. The van der Waals surface area contributed by atoms with Crippen LogP contribution in [0.3, 0.4) is 0 Å². The molecule has 0 atom stereocenters. The molecule has 0 amide bonds. The van der Waals surface area contributed by atoms with E-state index in [2.05, 4.69) is 35.0 Å². The molecule has 0 spiro atoms. The molecular weight excluding hydrogens is 437 g/mol. The van der Waals surface area contributed by atoms with Crippen LogP contribution >= 0.6 is 0 Å². The Kier molecular flexibility index (Phi) is 6.87. The summed E-state index contributed by atoms with van der Waals surface area (Å²) < 4.78 is 67.1. The molecule has 0 aliphatic rings. The molecule has 3 aromatic rings. The molecule has 3 N–H and O–H groups in total. The number of pyridine rings is 1. The van der Waals surface area contributed by atoms with E-state index in [0.717, 1.165) is 24.3 Å². The highest BCUT2D eigenvalue weighted by Gasteiger charge is 2.31. The van der Waals surface area contributed by atoms with Crippen LogP contribution in [0.25, 0.3) is 0 Å². The van der Waals surface area contributed by atoms with Crippen LogP contribution in [-0.4, -0.2) is 42.8 Å². The zero-order valence-electron chi connectivity index (χ0n) is 15.8. The second-order valence-corrected chi connectivity index (χ2v) is 7.74. The molecule has 3 rings (SSSR count). The standard InChI is InChI=1S/C18H17F3N6O3S/c19-18(20,21)30-13-4-6-14(7-5-13)31(28,29)26-10-9-23-16-11-17(25-12-24-16)27-15-3-1-2-8-22-15/h1-8,11-12,26H,9-10H2,(H2,22,23,24,25,27). The van der Waals surface area contributed by atoms with E-state index in [1.165, 1.54) is 6.33 Å². The first-order valence-corrected chi connectivity index (χ1v) is 10.3. The molecule has 0 saturated heterocycles. The molecule has 0 bridgehead atoms. The van der Waals surface area contributed by atoms with E-state index < -0.39 is 22.1 Å². The number of sulfonamides is 1. The van der Waals surface area contributed by atoms with E-state index in [1.807, 2.05) is 6.07 Å². The third-order valence-corrected chi connectivity index (χ3v) is 5.16. The smallest absolute Gasteiger partial charge is 0.406 e. The lowest BCUT2D eigenvalue weighted by Crippen LogP contribution is -2.29. The molecule has 0 radical (unpaired) electrons. The Morgan fingerprint density at radius 3 is 2.32 bits per heavy atom.